The number of phosphoric acid groups is 1. The molecule has 0 heterocycles. The van der Waals surface area contributed by atoms with Crippen molar-refractivity contribution in [2.24, 2.45) is 0 Å². The number of allylic oxidation sites excluding steroid dienone is 13. The Hall–Kier alpha value is -2.81. The fraction of sp³-hybridized carbons (Fsp3) is 0.758. The zero-order chi connectivity index (χ0) is 55.7. The van der Waals surface area contributed by atoms with E-state index in [0.717, 1.165) is 96.3 Å². The number of ether oxygens (including phenoxy) is 1. The first-order valence-corrected chi connectivity index (χ1v) is 32.9. The third-order valence-corrected chi connectivity index (χ3v) is 14.5. The minimum absolute atomic E-state index is 0.0326. The highest BCUT2D eigenvalue weighted by atomic mass is 31.2. The van der Waals surface area contributed by atoms with E-state index in [0.29, 0.717) is 17.4 Å². The normalized spacial score (nSPS) is 14.2. The van der Waals surface area contributed by atoms with Crippen molar-refractivity contribution in [1.29, 1.82) is 0 Å². The van der Waals surface area contributed by atoms with Crippen LogP contribution >= 0.6 is 7.82 Å². The Bertz CT molecular complexity index is 1580. The van der Waals surface area contributed by atoms with Gasteiger partial charge in [-0.25, -0.2) is 0 Å². The number of nitrogens with zero attached hydrogens (tertiary/aromatic N) is 1. The third kappa shape index (κ3) is 55.9. The Kier molecular flexibility index (Phi) is 53.5. The van der Waals surface area contributed by atoms with Gasteiger partial charge in [0.15, 0.2) is 0 Å². The van der Waals surface area contributed by atoms with Crippen molar-refractivity contribution in [2.45, 2.75) is 283 Å². The lowest BCUT2D eigenvalue weighted by molar-refractivity contribution is -0.870. The van der Waals surface area contributed by atoms with Crippen LogP contribution in [0.3, 0.4) is 0 Å². The zero-order valence-corrected chi connectivity index (χ0v) is 51.1. The summed E-state index contributed by atoms with van der Waals surface area (Å²) in [5.74, 6) is -0.582. The molecule has 0 aliphatic heterocycles. The van der Waals surface area contributed by atoms with E-state index in [1.807, 2.05) is 33.3 Å². The number of phosphoric ester groups is 1. The first-order chi connectivity index (χ1) is 36.9. The van der Waals surface area contributed by atoms with E-state index < -0.39 is 26.6 Å². The van der Waals surface area contributed by atoms with Crippen molar-refractivity contribution >= 4 is 19.7 Å². The van der Waals surface area contributed by atoms with Crippen molar-refractivity contribution < 1.29 is 37.3 Å². The first kappa shape index (κ1) is 73.2. The predicted molar refractivity (Wildman–Crippen MR) is 325 cm³/mol. The van der Waals surface area contributed by atoms with Gasteiger partial charge in [0.25, 0.3) is 7.82 Å². The second-order valence-electron chi connectivity index (χ2n) is 22.2. The molecule has 0 radical (unpaired) electrons. The van der Waals surface area contributed by atoms with Gasteiger partial charge in [-0.2, -0.15) is 0 Å². The van der Waals surface area contributed by atoms with Crippen molar-refractivity contribution in [3.63, 3.8) is 0 Å². The van der Waals surface area contributed by atoms with Gasteiger partial charge in [-0.15, -0.1) is 0 Å². The molecule has 9 nitrogen and oxygen atoms in total. The number of hydrogen-bond acceptors (Lipinski definition) is 7. The van der Waals surface area contributed by atoms with Gasteiger partial charge in [-0.3, -0.25) is 14.2 Å². The lowest BCUT2D eigenvalue weighted by Gasteiger charge is -2.30. The molecule has 0 rings (SSSR count). The van der Waals surface area contributed by atoms with Crippen molar-refractivity contribution in [1.82, 2.24) is 5.32 Å². The Morgan fingerprint density at radius 2 is 0.803 bits per heavy atom. The molecule has 3 unspecified atom stereocenters. The molecule has 0 aliphatic rings. The van der Waals surface area contributed by atoms with Gasteiger partial charge in [0, 0.05) is 12.8 Å². The molecule has 440 valence electrons. The predicted octanol–water partition coefficient (Wildman–Crippen LogP) is 18.8. The zero-order valence-electron chi connectivity index (χ0n) is 50.2. The molecule has 1 N–H and O–H groups in total. The molecule has 0 saturated carbocycles. The molecule has 0 aromatic heterocycles. The quantitative estimate of drug-likeness (QED) is 0.0212. The Balaban J connectivity index is 5.32. The number of hydrogen-bond donors (Lipinski definition) is 1. The smallest absolute Gasteiger partial charge is 0.306 e. The minimum atomic E-state index is -4.71. The van der Waals surface area contributed by atoms with Gasteiger partial charge >= 0.3 is 5.97 Å². The second-order valence-corrected chi connectivity index (χ2v) is 23.6. The van der Waals surface area contributed by atoms with Crippen LogP contribution in [-0.2, 0) is 27.9 Å². The van der Waals surface area contributed by atoms with Crippen LogP contribution in [0.4, 0.5) is 0 Å². The molecule has 0 aromatic carbocycles. The van der Waals surface area contributed by atoms with Crippen LogP contribution in [0.1, 0.15) is 271 Å². The summed E-state index contributed by atoms with van der Waals surface area (Å²) in [5.41, 5.74) is 0. The molecular formula is C66H119N2O7P. The van der Waals surface area contributed by atoms with Gasteiger partial charge in [-0.05, 0) is 109 Å². The number of unbranched alkanes of at least 4 members (excludes halogenated alkanes) is 28. The highest BCUT2D eigenvalue weighted by Crippen LogP contribution is 2.38. The van der Waals surface area contributed by atoms with Gasteiger partial charge in [-0.1, -0.05) is 235 Å². The van der Waals surface area contributed by atoms with Crippen LogP contribution in [0.5, 0.6) is 0 Å². The average molecular weight is 1080 g/mol. The topological polar surface area (TPSA) is 114 Å². The lowest BCUT2D eigenvalue weighted by atomic mass is 10.0. The molecule has 0 bridgehead atoms. The maximum absolute atomic E-state index is 13.5. The summed E-state index contributed by atoms with van der Waals surface area (Å²) >= 11 is 0. The molecule has 3 atom stereocenters. The van der Waals surface area contributed by atoms with E-state index in [1.54, 1.807) is 0 Å². The molecule has 0 fully saturated rings. The number of carbonyl (C=O) groups is 2. The summed E-state index contributed by atoms with van der Waals surface area (Å²) in [6.07, 6.45) is 72.6. The molecule has 76 heavy (non-hydrogen) atoms. The molecule has 1 amide bonds. The van der Waals surface area contributed by atoms with Crippen molar-refractivity contribution in [2.75, 3.05) is 40.9 Å². The number of quaternary nitrogens is 1. The minimum Gasteiger partial charge on any atom is -0.756 e. The number of esters is 1. The van der Waals surface area contributed by atoms with Crippen LogP contribution in [0.2, 0.25) is 0 Å². The fourth-order valence-corrected chi connectivity index (χ4v) is 9.38. The molecule has 0 saturated heterocycles. The standard InChI is InChI=1S/C66H119N2O7P/c1-7-10-13-16-19-22-25-28-30-32-34-36-38-40-43-46-49-52-55-58-65(69)67-63(62-74-76(71,72)73-61-60-68(4,5)6)64(57-54-51-48-45-42-27-24-21-18-15-12-9-3)75-66(70)59-56-53-50-47-44-41-39-37-35-33-31-29-26-23-20-17-14-11-8-2/h19-20,22-23,28-31,34,36,40,43,54,57,63-64H,7-18,21,24-27,32-33,35,37-39,41-42,44-53,55-56,58-62H2,1-6H3,(H-,67,69,71,72)/b22-19-,23-20-,30-28-,31-29-,36-34-,43-40-,57-54+. The molecule has 0 aromatic rings. The van der Waals surface area contributed by atoms with E-state index in [-0.39, 0.29) is 31.3 Å². The summed E-state index contributed by atoms with van der Waals surface area (Å²) in [4.78, 5) is 40.0. The highest BCUT2D eigenvalue weighted by molar-refractivity contribution is 7.45. The van der Waals surface area contributed by atoms with E-state index in [4.69, 9.17) is 13.8 Å². The first-order valence-electron chi connectivity index (χ1n) is 31.4. The number of nitrogens with one attached hydrogen (secondary N) is 1. The van der Waals surface area contributed by atoms with Gasteiger partial charge in [0.2, 0.25) is 5.91 Å². The molecule has 0 aliphatic carbocycles. The lowest BCUT2D eigenvalue weighted by Crippen LogP contribution is -2.47. The number of carbonyl (C=O) groups excluding carboxylic acids is 2. The van der Waals surface area contributed by atoms with E-state index in [9.17, 15) is 19.0 Å². The van der Waals surface area contributed by atoms with Crippen LogP contribution in [0, 0.1) is 0 Å². The van der Waals surface area contributed by atoms with Crippen molar-refractivity contribution in [3.8, 4) is 0 Å². The Morgan fingerprint density at radius 3 is 1.24 bits per heavy atom. The summed E-state index contributed by atoms with van der Waals surface area (Å²) in [6, 6.07) is -0.911. The fourth-order valence-electron chi connectivity index (χ4n) is 8.65. The van der Waals surface area contributed by atoms with E-state index in [2.05, 4.69) is 99.0 Å². The molecule has 10 heteroatoms. The second kappa shape index (κ2) is 55.5. The van der Waals surface area contributed by atoms with Crippen LogP contribution in [0.25, 0.3) is 0 Å². The van der Waals surface area contributed by atoms with Gasteiger partial charge in [0.05, 0.1) is 33.8 Å². The summed E-state index contributed by atoms with van der Waals surface area (Å²) < 4.78 is 30.3. The number of likely N-dealkylation sites (N-methyl/N-ethyl adjacent to an activating group) is 1. The molecule has 0 spiro atoms. The SMILES string of the molecule is CCCCC/C=C\C/C=C\C/C=C\C/C=C\CCCCCC(=O)NC(COP(=O)([O-])OCC[N+](C)(C)C)C(/C=C/CCCCCCCCCCCC)OC(=O)CCCCCCCCCCC/C=C\C/C=C\CCCCC. The monoisotopic (exact) mass is 1080 g/mol. The number of amides is 1. The molecular weight excluding hydrogens is 964 g/mol. The Morgan fingerprint density at radius 1 is 0.461 bits per heavy atom. The largest absolute Gasteiger partial charge is 0.756 e. The number of rotatable bonds is 56. The van der Waals surface area contributed by atoms with Gasteiger partial charge < -0.3 is 28.5 Å². The maximum atomic E-state index is 13.5. The van der Waals surface area contributed by atoms with Crippen LogP contribution in [0.15, 0.2) is 85.1 Å². The van der Waals surface area contributed by atoms with E-state index in [1.165, 1.54) is 135 Å². The van der Waals surface area contributed by atoms with Crippen molar-refractivity contribution in [3.05, 3.63) is 85.1 Å². The Labute approximate surface area is 469 Å². The summed E-state index contributed by atoms with van der Waals surface area (Å²) in [7, 11) is 1.15. The average Bonchev–Trinajstić information content (AvgIpc) is 3.38. The van der Waals surface area contributed by atoms with Crippen LogP contribution < -0.4 is 10.2 Å². The third-order valence-electron chi connectivity index (χ3n) is 13.5. The summed E-state index contributed by atoms with van der Waals surface area (Å²) in [5, 5.41) is 3.01. The van der Waals surface area contributed by atoms with Crippen LogP contribution in [-0.4, -0.2) is 69.4 Å². The van der Waals surface area contributed by atoms with Gasteiger partial charge in [0.1, 0.15) is 19.3 Å². The highest BCUT2D eigenvalue weighted by Gasteiger charge is 2.27. The van der Waals surface area contributed by atoms with E-state index >= 15 is 0 Å². The maximum Gasteiger partial charge on any atom is 0.306 e. The summed E-state index contributed by atoms with van der Waals surface area (Å²) in [6.45, 7) is 6.76.